The molecule has 4 aromatic rings. The number of nitro groups is 1. The third kappa shape index (κ3) is 3.22. The summed E-state index contributed by atoms with van der Waals surface area (Å²) in [5, 5.41) is 30.4. The van der Waals surface area contributed by atoms with E-state index in [1.807, 2.05) is 38.3 Å². The number of aryl methyl sites for hydroxylation is 2. The van der Waals surface area contributed by atoms with Gasteiger partial charge in [-0.1, -0.05) is 0 Å². The van der Waals surface area contributed by atoms with Crippen LogP contribution in [0.2, 0.25) is 0 Å². The maximum Gasteiger partial charge on any atom is 0.271 e. The zero-order chi connectivity index (χ0) is 23.2. The largest absolute Gasteiger partial charge is 0.443 e. The van der Waals surface area contributed by atoms with Crippen molar-refractivity contribution in [1.82, 2.24) is 14.5 Å². The molecule has 0 radical (unpaired) electrons. The van der Waals surface area contributed by atoms with E-state index in [0.29, 0.717) is 34.1 Å². The van der Waals surface area contributed by atoms with Crippen LogP contribution in [0.25, 0.3) is 28.6 Å². The molecule has 0 fully saturated rings. The molecular weight excluding hydrogens is 408 g/mol. The average Bonchev–Trinajstić information content (AvgIpc) is 3.39. The van der Waals surface area contributed by atoms with Crippen LogP contribution >= 0.6 is 0 Å². The van der Waals surface area contributed by atoms with Crippen molar-refractivity contribution in [3.05, 3.63) is 74.0 Å². The van der Waals surface area contributed by atoms with Gasteiger partial charge in [-0.3, -0.25) is 14.7 Å². The summed E-state index contributed by atoms with van der Waals surface area (Å²) in [6.45, 7) is 7.43. The summed E-state index contributed by atoms with van der Waals surface area (Å²) in [7, 11) is 0. The molecule has 0 aliphatic heterocycles. The number of furan rings is 1. The van der Waals surface area contributed by atoms with E-state index in [4.69, 9.17) is 4.42 Å². The Morgan fingerprint density at radius 3 is 2.66 bits per heavy atom. The molecule has 3 heterocycles. The minimum absolute atomic E-state index is 0.0592. The number of nitro benzene ring substituents is 1. The number of nitrogens with zero attached hydrogens (tertiary/aromatic N) is 5. The van der Waals surface area contributed by atoms with E-state index in [1.165, 1.54) is 12.1 Å². The number of allylic oxidation sites excluding steroid dienone is 1. The number of H-pyrrole nitrogens is 1. The van der Waals surface area contributed by atoms with E-state index in [2.05, 4.69) is 22.1 Å². The fourth-order valence-corrected chi connectivity index (χ4v) is 3.69. The number of rotatable bonds is 4. The van der Waals surface area contributed by atoms with Gasteiger partial charge in [0.1, 0.15) is 29.3 Å². The van der Waals surface area contributed by atoms with Gasteiger partial charge in [0.15, 0.2) is 0 Å². The van der Waals surface area contributed by atoms with Crippen molar-refractivity contribution < 1.29 is 9.34 Å². The molecule has 9 nitrogen and oxygen atoms in total. The Labute approximate surface area is 183 Å². The number of non-ortho nitro benzene ring substituents is 1. The number of imidazole rings is 1. The SMILES string of the molecule is Cc1oc(-n2c(C)cc(C=C(C#N)c3nc4ccc([N+](=O)[O-])cc4[nH]3)c2C)c(C#N)c1C. The Kier molecular flexibility index (Phi) is 4.88. The molecule has 0 unspecified atom stereocenters. The van der Waals surface area contributed by atoms with Crippen molar-refractivity contribution in [1.29, 1.82) is 10.5 Å². The van der Waals surface area contributed by atoms with Crippen molar-refractivity contribution in [3.63, 3.8) is 0 Å². The van der Waals surface area contributed by atoms with Crippen molar-refractivity contribution in [2.75, 3.05) is 0 Å². The quantitative estimate of drug-likeness (QED) is 0.276. The summed E-state index contributed by atoms with van der Waals surface area (Å²) in [5.74, 6) is 1.44. The lowest BCUT2D eigenvalue weighted by molar-refractivity contribution is -0.384. The molecule has 0 saturated heterocycles. The van der Waals surface area contributed by atoms with Gasteiger partial charge >= 0.3 is 0 Å². The minimum Gasteiger partial charge on any atom is -0.443 e. The average molecular weight is 426 g/mol. The summed E-state index contributed by atoms with van der Waals surface area (Å²) < 4.78 is 7.71. The van der Waals surface area contributed by atoms with Crippen molar-refractivity contribution in [2.45, 2.75) is 27.7 Å². The zero-order valence-corrected chi connectivity index (χ0v) is 17.8. The number of nitriles is 2. The molecule has 9 heteroatoms. The lowest BCUT2D eigenvalue weighted by atomic mass is 10.1. The van der Waals surface area contributed by atoms with Crippen LogP contribution in [0.1, 0.15) is 39.7 Å². The van der Waals surface area contributed by atoms with Crippen LogP contribution in [0, 0.1) is 60.5 Å². The van der Waals surface area contributed by atoms with Gasteiger partial charge in [0.25, 0.3) is 5.69 Å². The predicted molar refractivity (Wildman–Crippen MR) is 118 cm³/mol. The normalized spacial score (nSPS) is 11.5. The molecule has 1 N–H and O–H groups in total. The van der Waals surface area contributed by atoms with Crippen molar-refractivity contribution in [2.24, 2.45) is 0 Å². The smallest absolute Gasteiger partial charge is 0.271 e. The molecule has 4 rings (SSSR count). The predicted octanol–water partition coefficient (Wildman–Crippen LogP) is 5.02. The zero-order valence-electron chi connectivity index (χ0n) is 17.8. The van der Waals surface area contributed by atoms with Crippen LogP contribution in [0.4, 0.5) is 5.69 Å². The van der Waals surface area contributed by atoms with Gasteiger partial charge in [0, 0.05) is 29.1 Å². The van der Waals surface area contributed by atoms with Gasteiger partial charge in [0.2, 0.25) is 5.88 Å². The highest BCUT2D eigenvalue weighted by Crippen LogP contribution is 2.30. The summed E-state index contributed by atoms with van der Waals surface area (Å²) in [5.41, 5.74) is 4.89. The molecule has 0 bridgehead atoms. The highest BCUT2D eigenvalue weighted by Gasteiger charge is 2.21. The van der Waals surface area contributed by atoms with Gasteiger partial charge < -0.3 is 9.40 Å². The lowest BCUT2D eigenvalue weighted by Gasteiger charge is -2.06. The molecule has 0 spiro atoms. The van der Waals surface area contributed by atoms with E-state index in [0.717, 1.165) is 22.5 Å². The summed E-state index contributed by atoms with van der Waals surface area (Å²) in [6, 6.07) is 10.5. The Hall–Kier alpha value is -4.63. The number of aromatic nitrogens is 3. The van der Waals surface area contributed by atoms with Gasteiger partial charge in [0.05, 0.1) is 21.5 Å². The molecule has 32 heavy (non-hydrogen) atoms. The number of nitrogens with one attached hydrogen (secondary N) is 1. The number of hydrogen-bond donors (Lipinski definition) is 1. The van der Waals surface area contributed by atoms with Gasteiger partial charge in [-0.25, -0.2) is 4.98 Å². The summed E-state index contributed by atoms with van der Waals surface area (Å²) in [4.78, 5) is 17.9. The van der Waals surface area contributed by atoms with Gasteiger partial charge in [-0.15, -0.1) is 0 Å². The third-order valence-corrected chi connectivity index (χ3v) is 5.50. The van der Waals surface area contributed by atoms with Crippen LogP contribution in [-0.4, -0.2) is 19.5 Å². The summed E-state index contributed by atoms with van der Waals surface area (Å²) in [6.07, 6.45) is 1.69. The molecule has 1 aromatic carbocycles. The first-order chi connectivity index (χ1) is 15.2. The Morgan fingerprint density at radius 2 is 2.00 bits per heavy atom. The van der Waals surface area contributed by atoms with Crippen molar-refractivity contribution >= 4 is 28.4 Å². The van der Waals surface area contributed by atoms with E-state index in [1.54, 1.807) is 12.1 Å². The topological polar surface area (TPSA) is 137 Å². The van der Waals surface area contributed by atoms with E-state index in [9.17, 15) is 20.6 Å². The number of benzene rings is 1. The molecule has 0 aliphatic rings. The Balaban J connectivity index is 1.82. The number of aromatic amines is 1. The molecule has 0 atom stereocenters. The maximum atomic E-state index is 11.0. The standard InChI is InChI=1S/C23H18N6O3/c1-12-7-16(14(3)28(12)23-19(11-25)13(2)15(4)32-23)8-17(10-24)22-26-20-6-5-18(29(30)31)9-21(20)27-22/h5-9H,1-4H3,(H,26,27). The second-order valence-electron chi connectivity index (χ2n) is 7.45. The molecule has 0 saturated carbocycles. The van der Waals surface area contributed by atoms with Crippen LogP contribution in [0.3, 0.4) is 0 Å². The molecule has 0 aliphatic carbocycles. The van der Waals surface area contributed by atoms with Crippen LogP contribution in [-0.2, 0) is 0 Å². The first-order valence-electron chi connectivity index (χ1n) is 9.70. The second kappa shape index (κ2) is 7.56. The number of hydrogen-bond acceptors (Lipinski definition) is 6. The highest BCUT2D eigenvalue weighted by atomic mass is 16.6. The van der Waals surface area contributed by atoms with E-state index < -0.39 is 4.92 Å². The van der Waals surface area contributed by atoms with Crippen LogP contribution < -0.4 is 0 Å². The third-order valence-electron chi connectivity index (χ3n) is 5.50. The fraction of sp³-hybridized carbons (Fsp3) is 0.174. The monoisotopic (exact) mass is 426 g/mol. The fourth-order valence-electron chi connectivity index (χ4n) is 3.69. The lowest BCUT2D eigenvalue weighted by Crippen LogP contribution is -2.00. The van der Waals surface area contributed by atoms with Crippen LogP contribution in [0.15, 0.2) is 28.7 Å². The maximum absolute atomic E-state index is 11.0. The molecule has 158 valence electrons. The Morgan fingerprint density at radius 1 is 1.25 bits per heavy atom. The first kappa shape index (κ1) is 20.6. The van der Waals surface area contributed by atoms with E-state index in [-0.39, 0.29) is 11.3 Å². The first-order valence-corrected chi connectivity index (χ1v) is 9.70. The van der Waals surface area contributed by atoms with Gasteiger partial charge in [-0.05, 0) is 51.5 Å². The molecule has 0 amide bonds. The highest BCUT2D eigenvalue weighted by molar-refractivity contribution is 5.91. The summed E-state index contributed by atoms with van der Waals surface area (Å²) >= 11 is 0. The number of fused-ring (bicyclic) bond motifs is 1. The molecular formula is C23H18N6O3. The van der Waals surface area contributed by atoms with Crippen molar-refractivity contribution in [3.8, 4) is 18.0 Å². The van der Waals surface area contributed by atoms with Crippen LogP contribution in [0.5, 0.6) is 0 Å². The minimum atomic E-state index is -0.483. The van der Waals surface area contributed by atoms with Gasteiger partial charge in [-0.2, -0.15) is 10.5 Å². The second-order valence-corrected chi connectivity index (χ2v) is 7.45. The molecule has 3 aromatic heterocycles. The van der Waals surface area contributed by atoms with E-state index >= 15 is 0 Å². The Bertz CT molecular complexity index is 1520.